The van der Waals surface area contributed by atoms with E-state index in [1.807, 2.05) is 10.8 Å². The van der Waals surface area contributed by atoms with E-state index in [0.29, 0.717) is 25.1 Å². The maximum atomic E-state index is 12.9. The number of carbonyl (C=O) groups is 2. The lowest BCUT2D eigenvalue weighted by Gasteiger charge is -2.25. The van der Waals surface area contributed by atoms with Crippen LogP contribution in [-0.2, 0) is 27.3 Å². The summed E-state index contributed by atoms with van der Waals surface area (Å²) in [6.45, 7) is 2.96. The van der Waals surface area contributed by atoms with Crippen LogP contribution in [0.4, 0.5) is 5.69 Å². The van der Waals surface area contributed by atoms with Crippen molar-refractivity contribution in [2.75, 3.05) is 20.2 Å². The van der Waals surface area contributed by atoms with Gasteiger partial charge in [0.2, 0.25) is 5.91 Å². The predicted molar refractivity (Wildman–Crippen MR) is 101 cm³/mol. The molecule has 0 aliphatic rings. The van der Waals surface area contributed by atoms with Gasteiger partial charge < -0.3 is 14.2 Å². The molecule has 1 unspecified atom stereocenters. The van der Waals surface area contributed by atoms with E-state index in [-0.39, 0.29) is 24.6 Å². The number of carbonyl (C=O) groups excluding carboxylic acids is 2. The number of aromatic nitrogens is 2. The minimum atomic E-state index is -0.497. The van der Waals surface area contributed by atoms with Crippen molar-refractivity contribution in [3.05, 3.63) is 58.7 Å². The number of nitrogens with zero attached hydrogens (tertiary/aromatic N) is 4. The third kappa shape index (κ3) is 5.90. The fraction of sp³-hybridized carbons (Fsp3) is 0.421. The normalized spacial score (nSPS) is 11.6. The molecule has 2 aromatic rings. The smallest absolute Gasteiger partial charge is 0.310 e. The fourth-order valence-corrected chi connectivity index (χ4v) is 2.90. The molecule has 0 radical (unpaired) electrons. The van der Waals surface area contributed by atoms with Crippen molar-refractivity contribution < 1.29 is 19.2 Å². The number of aryl methyl sites for hydroxylation is 1. The highest BCUT2D eigenvalue weighted by atomic mass is 16.6. The van der Waals surface area contributed by atoms with Gasteiger partial charge in [-0.3, -0.25) is 19.7 Å². The molecular weight excluding hydrogens is 364 g/mol. The van der Waals surface area contributed by atoms with Gasteiger partial charge >= 0.3 is 5.97 Å². The molecule has 2 rings (SSSR count). The Morgan fingerprint density at radius 1 is 1.36 bits per heavy atom. The van der Waals surface area contributed by atoms with Crippen molar-refractivity contribution in [1.29, 1.82) is 0 Å². The van der Waals surface area contributed by atoms with Gasteiger partial charge in [0.1, 0.15) is 0 Å². The lowest BCUT2D eigenvalue weighted by atomic mass is 10.1. The van der Waals surface area contributed by atoms with Gasteiger partial charge in [0.15, 0.2) is 0 Å². The molecule has 1 amide bonds. The van der Waals surface area contributed by atoms with E-state index in [4.69, 9.17) is 4.74 Å². The Bertz CT molecular complexity index is 806. The van der Waals surface area contributed by atoms with Crippen LogP contribution in [0.15, 0.2) is 43.0 Å². The van der Waals surface area contributed by atoms with Crippen molar-refractivity contribution in [3.8, 4) is 0 Å². The molecule has 9 heteroatoms. The van der Waals surface area contributed by atoms with E-state index >= 15 is 0 Å². The first-order chi connectivity index (χ1) is 13.4. The highest BCUT2D eigenvalue weighted by Crippen LogP contribution is 2.19. The van der Waals surface area contributed by atoms with Gasteiger partial charge in [0.05, 0.1) is 30.7 Å². The van der Waals surface area contributed by atoms with Gasteiger partial charge in [-0.25, -0.2) is 4.98 Å². The minimum Gasteiger partial charge on any atom is -0.469 e. The average Bonchev–Trinajstić information content (AvgIpc) is 3.20. The molecule has 1 aromatic heterocycles. The van der Waals surface area contributed by atoms with Crippen molar-refractivity contribution in [2.24, 2.45) is 5.92 Å². The van der Waals surface area contributed by atoms with Gasteiger partial charge in [-0.2, -0.15) is 0 Å². The Morgan fingerprint density at radius 3 is 2.75 bits per heavy atom. The van der Waals surface area contributed by atoms with Crippen LogP contribution in [0.3, 0.4) is 0 Å². The summed E-state index contributed by atoms with van der Waals surface area (Å²) in [4.78, 5) is 40.9. The molecule has 0 saturated heterocycles. The maximum absolute atomic E-state index is 12.9. The van der Waals surface area contributed by atoms with Crippen LogP contribution in [0.5, 0.6) is 0 Å². The summed E-state index contributed by atoms with van der Waals surface area (Å²) in [6.07, 6.45) is 5.76. The number of rotatable bonds is 10. The number of amides is 1. The number of imidazole rings is 1. The number of ether oxygens (including phenoxy) is 1. The third-order valence-corrected chi connectivity index (χ3v) is 4.38. The SMILES string of the molecule is COC(=O)C(C)CN(CCCn1ccnc1)C(=O)Cc1ccccc1[N+](=O)[O-]. The van der Waals surface area contributed by atoms with Crippen LogP contribution >= 0.6 is 0 Å². The zero-order valence-electron chi connectivity index (χ0n) is 16.0. The molecule has 150 valence electrons. The lowest BCUT2D eigenvalue weighted by molar-refractivity contribution is -0.385. The van der Waals surface area contributed by atoms with Crippen LogP contribution < -0.4 is 0 Å². The number of para-hydroxylation sites is 1. The molecule has 0 bridgehead atoms. The maximum Gasteiger partial charge on any atom is 0.310 e. The molecule has 0 spiro atoms. The zero-order chi connectivity index (χ0) is 20.5. The molecule has 0 fully saturated rings. The average molecular weight is 388 g/mol. The second-order valence-electron chi connectivity index (χ2n) is 6.48. The number of nitro benzene ring substituents is 1. The van der Waals surface area contributed by atoms with E-state index in [1.165, 1.54) is 13.2 Å². The first kappa shape index (κ1) is 21.1. The number of esters is 1. The molecule has 0 aliphatic carbocycles. The van der Waals surface area contributed by atoms with Gasteiger partial charge in [0, 0.05) is 43.7 Å². The Labute approximate surface area is 163 Å². The minimum absolute atomic E-state index is 0.0877. The molecule has 28 heavy (non-hydrogen) atoms. The summed E-state index contributed by atoms with van der Waals surface area (Å²) in [7, 11) is 1.30. The van der Waals surface area contributed by atoms with Crippen molar-refractivity contribution in [1.82, 2.24) is 14.5 Å². The van der Waals surface area contributed by atoms with E-state index in [1.54, 1.807) is 42.5 Å². The van der Waals surface area contributed by atoms with E-state index < -0.39 is 16.8 Å². The second-order valence-corrected chi connectivity index (χ2v) is 6.48. The largest absolute Gasteiger partial charge is 0.469 e. The number of hydrogen-bond donors (Lipinski definition) is 0. The zero-order valence-corrected chi connectivity index (χ0v) is 16.0. The molecule has 1 heterocycles. The van der Waals surface area contributed by atoms with Gasteiger partial charge in [-0.05, 0) is 6.42 Å². The summed E-state index contributed by atoms with van der Waals surface area (Å²) in [5.41, 5.74) is 0.262. The van der Waals surface area contributed by atoms with Gasteiger partial charge in [0.25, 0.3) is 5.69 Å². The molecule has 1 aromatic carbocycles. The number of benzene rings is 1. The molecule has 9 nitrogen and oxygen atoms in total. The Kier molecular flexibility index (Phi) is 7.67. The van der Waals surface area contributed by atoms with Crippen LogP contribution in [0.2, 0.25) is 0 Å². The molecular formula is C19H24N4O5. The summed E-state index contributed by atoms with van der Waals surface area (Å²) in [5, 5.41) is 11.2. The molecule has 0 N–H and O–H groups in total. The summed E-state index contributed by atoms with van der Waals surface area (Å²) in [6, 6.07) is 6.18. The first-order valence-corrected chi connectivity index (χ1v) is 8.96. The first-order valence-electron chi connectivity index (χ1n) is 8.96. The highest BCUT2D eigenvalue weighted by Gasteiger charge is 2.23. The quantitative estimate of drug-likeness (QED) is 0.350. The number of hydrogen-bond acceptors (Lipinski definition) is 6. The molecule has 0 saturated carbocycles. The standard InChI is InChI=1S/C19H24N4O5/c1-15(19(25)28-2)13-22(10-5-9-21-11-8-20-14-21)18(24)12-16-6-3-4-7-17(16)23(26)27/h3-4,6-8,11,14-15H,5,9-10,12-13H2,1-2H3. The fourth-order valence-electron chi connectivity index (χ4n) is 2.90. The number of nitro groups is 1. The third-order valence-electron chi connectivity index (χ3n) is 4.38. The Hall–Kier alpha value is -3.23. The summed E-state index contributed by atoms with van der Waals surface area (Å²) in [5.74, 6) is -1.17. The van der Waals surface area contributed by atoms with E-state index in [2.05, 4.69) is 4.98 Å². The summed E-state index contributed by atoms with van der Waals surface area (Å²) < 4.78 is 6.64. The van der Waals surface area contributed by atoms with Crippen LogP contribution in [0.25, 0.3) is 0 Å². The molecule has 0 aliphatic heterocycles. The topological polar surface area (TPSA) is 108 Å². The van der Waals surface area contributed by atoms with Crippen LogP contribution in [-0.4, -0.2) is 51.5 Å². The van der Waals surface area contributed by atoms with E-state index in [9.17, 15) is 19.7 Å². The van der Waals surface area contributed by atoms with Gasteiger partial charge in [-0.15, -0.1) is 0 Å². The Morgan fingerprint density at radius 2 is 2.11 bits per heavy atom. The summed E-state index contributed by atoms with van der Waals surface area (Å²) >= 11 is 0. The Balaban J connectivity index is 2.08. The van der Waals surface area contributed by atoms with Crippen LogP contribution in [0, 0.1) is 16.0 Å². The van der Waals surface area contributed by atoms with E-state index in [0.717, 1.165) is 0 Å². The second kappa shape index (κ2) is 10.2. The predicted octanol–water partition coefficient (Wildman–Crippen LogP) is 2.06. The lowest BCUT2D eigenvalue weighted by Crippen LogP contribution is -2.39. The van der Waals surface area contributed by atoms with Crippen molar-refractivity contribution >= 4 is 17.6 Å². The molecule has 1 atom stereocenters. The number of methoxy groups -OCH3 is 1. The monoisotopic (exact) mass is 388 g/mol. The van der Waals surface area contributed by atoms with Crippen molar-refractivity contribution in [2.45, 2.75) is 26.3 Å². The highest BCUT2D eigenvalue weighted by molar-refractivity contribution is 5.81. The van der Waals surface area contributed by atoms with Crippen LogP contribution in [0.1, 0.15) is 18.9 Å². The van der Waals surface area contributed by atoms with Crippen molar-refractivity contribution in [3.63, 3.8) is 0 Å². The van der Waals surface area contributed by atoms with Gasteiger partial charge in [-0.1, -0.05) is 25.1 Å².